The van der Waals surface area contributed by atoms with Gasteiger partial charge in [-0.05, 0) is 24.5 Å². The molecule has 1 aromatic rings. The number of nitrogens with one attached hydrogen (secondary N) is 1. The van der Waals surface area contributed by atoms with E-state index in [1.807, 2.05) is 0 Å². The fourth-order valence-corrected chi connectivity index (χ4v) is 2.62. The Morgan fingerprint density at radius 3 is 2.78 bits per heavy atom. The number of nitrogens with two attached hydrogens (primary N) is 1. The fraction of sp³-hybridized carbons (Fsp3) is 0.538. The third-order valence-corrected chi connectivity index (χ3v) is 3.59. The van der Waals surface area contributed by atoms with Gasteiger partial charge in [-0.25, -0.2) is 0 Å². The van der Waals surface area contributed by atoms with Gasteiger partial charge >= 0.3 is 5.69 Å². The number of nitrogens with zero attached hydrogens (tertiary/aromatic N) is 1. The summed E-state index contributed by atoms with van der Waals surface area (Å²) in [5.41, 5.74) is 6.36. The van der Waals surface area contributed by atoms with Crippen molar-refractivity contribution in [2.24, 2.45) is 5.92 Å². The van der Waals surface area contributed by atoms with Crippen molar-refractivity contribution in [3.05, 3.63) is 28.3 Å². The molecule has 5 nitrogen and oxygen atoms in total. The summed E-state index contributed by atoms with van der Waals surface area (Å²) in [5.74, 6) is 0.776. The predicted octanol–water partition coefficient (Wildman–Crippen LogP) is 3.17. The third-order valence-electron chi connectivity index (χ3n) is 3.59. The second-order valence-corrected chi connectivity index (χ2v) is 4.87. The molecule has 18 heavy (non-hydrogen) atoms. The maximum atomic E-state index is 10.9. The first-order valence-corrected chi connectivity index (χ1v) is 6.45. The Kier molecular flexibility index (Phi) is 4.02. The van der Waals surface area contributed by atoms with Crippen molar-refractivity contribution in [1.82, 2.24) is 0 Å². The highest BCUT2D eigenvalue weighted by atomic mass is 16.6. The SMILES string of the molecule is Nc1cccc(NCCC2CCCC2)c1[N+](=O)[O-]. The van der Waals surface area contributed by atoms with E-state index in [0.29, 0.717) is 5.69 Å². The normalized spacial score (nSPS) is 15.8. The lowest BCUT2D eigenvalue weighted by Crippen LogP contribution is -2.09. The van der Waals surface area contributed by atoms with Gasteiger partial charge in [0.25, 0.3) is 0 Å². The third kappa shape index (κ3) is 2.91. The van der Waals surface area contributed by atoms with E-state index >= 15 is 0 Å². The van der Waals surface area contributed by atoms with Gasteiger partial charge in [0.2, 0.25) is 0 Å². The summed E-state index contributed by atoms with van der Waals surface area (Å²) >= 11 is 0. The molecule has 98 valence electrons. The number of rotatable bonds is 5. The zero-order chi connectivity index (χ0) is 13.0. The minimum Gasteiger partial charge on any atom is -0.393 e. The maximum absolute atomic E-state index is 10.9. The highest BCUT2D eigenvalue weighted by molar-refractivity contribution is 5.74. The van der Waals surface area contributed by atoms with Crippen LogP contribution in [0.5, 0.6) is 0 Å². The Bertz CT molecular complexity index is 428. The van der Waals surface area contributed by atoms with Crippen LogP contribution in [-0.4, -0.2) is 11.5 Å². The molecule has 0 unspecified atom stereocenters. The smallest absolute Gasteiger partial charge is 0.314 e. The van der Waals surface area contributed by atoms with Crippen LogP contribution < -0.4 is 11.1 Å². The molecule has 0 aromatic heterocycles. The molecule has 0 radical (unpaired) electrons. The van der Waals surface area contributed by atoms with Gasteiger partial charge < -0.3 is 11.1 Å². The number of nitro benzene ring substituents is 1. The van der Waals surface area contributed by atoms with Crippen molar-refractivity contribution in [1.29, 1.82) is 0 Å². The van der Waals surface area contributed by atoms with Gasteiger partial charge in [-0.2, -0.15) is 0 Å². The van der Waals surface area contributed by atoms with Gasteiger partial charge in [0.1, 0.15) is 11.4 Å². The first-order valence-electron chi connectivity index (χ1n) is 6.45. The first kappa shape index (κ1) is 12.7. The second-order valence-electron chi connectivity index (χ2n) is 4.87. The van der Waals surface area contributed by atoms with Crippen molar-refractivity contribution in [2.45, 2.75) is 32.1 Å². The van der Waals surface area contributed by atoms with Gasteiger partial charge in [-0.15, -0.1) is 0 Å². The van der Waals surface area contributed by atoms with E-state index < -0.39 is 4.92 Å². The molecule has 0 spiro atoms. The topological polar surface area (TPSA) is 81.2 Å². The van der Waals surface area contributed by atoms with Crippen LogP contribution in [-0.2, 0) is 0 Å². The molecule has 2 rings (SSSR count). The summed E-state index contributed by atoms with van der Waals surface area (Å²) in [7, 11) is 0. The highest BCUT2D eigenvalue weighted by Gasteiger charge is 2.18. The fourth-order valence-electron chi connectivity index (χ4n) is 2.62. The zero-order valence-electron chi connectivity index (χ0n) is 10.4. The van der Waals surface area contributed by atoms with Crippen molar-refractivity contribution in [3.63, 3.8) is 0 Å². The van der Waals surface area contributed by atoms with Crippen LogP contribution in [0.1, 0.15) is 32.1 Å². The van der Waals surface area contributed by atoms with Crippen LogP contribution in [0.4, 0.5) is 17.1 Å². The van der Waals surface area contributed by atoms with Gasteiger partial charge in [0.05, 0.1) is 4.92 Å². The van der Waals surface area contributed by atoms with Crippen molar-refractivity contribution >= 4 is 17.1 Å². The molecule has 1 saturated carbocycles. The summed E-state index contributed by atoms with van der Waals surface area (Å²) in [6.45, 7) is 0.773. The van der Waals surface area contributed by atoms with Crippen molar-refractivity contribution < 1.29 is 4.92 Å². The highest BCUT2D eigenvalue weighted by Crippen LogP contribution is 2.31. The van der Waals surface area contributed by atoms with Crippen LogP contribution >= 0.6 is 0 Å². The Balaban J connectivity index is 1.96. The predicted molar refractivity (Wildman–Crippen MR) is 72.6 cm³/mol. The number of benzene rings is 1. The lowest BCUT2D eigenvalue weighted by molar-refractivity contribution is -0.383. The van der Waals surface area contributed by atoms with E-state index in [-0.39, 0.29) is 11.4 Å². The van der Waals surface area contributed by atoms with E-state index in [2.05, 4.69) is 5.32 Å². The van der Waals surface area contributed by atoms with Gasteiger partial charge in [-0.1, -0.05) is 31.7 Å². The Morgan fingerprint density at radius 1 is 1.39 bits per heavy atom. The largest absolute Gasteiger partial charge is 0.393 e. The van der Waals surface area contributed by atoms with Crippen LogP contribution in [0.3, 0.4) is 0 Å². The summed E-state index contributed by atoms with van der Waals surface area (Å²) < 4.78 is 0. The van der Waals surface area contributed by atoms with Crippen LogP contribution in [0.15, 0.2) is 18.2 Å². The molecule has 0 atom stereocenters. The summed E-state index contributed by atoms with van der Waals surface area (Å²) in [5, 5.41) is 14.1. The number of nitro groups is 1. The van der Waals surface area contributed by atoms with Crippen molar-refractivity contribution in [2.75, 3.05) is 17.6 Å². The van der Waals surface area contributed by atoms with E-state index in [1.165, 1.54) is 25.7 Å². The van der Waals surface area contributed by atoms with E-state index in [9.17, 15) is 10.1 Å². The second kappa shape index (κ2) is 5.71. The lowest BCUT2D eigenvalue weighted by Gasteiger charge is -2.11. The average Bonchev–Trinajstić information content (AvgIpc) is 2.81. The van der Waals surface area contributed by atoms with Crippen LogP contribution in [0, 0.1) is 16.0 Å². The Morgan fingerprint density at radius 2 is 2.11 bits per heavy atom. The first-order chi connectivity index (χ1) is 8.68. The lowest BCUT2D eigenvalue weighted by atomic mass is 10.0. The molecule has 0 heterocycles. The quantitative estimate of drug-likeness (QED) is 0.477. The molecule has 0 bridgehead atoms. The molecule has 3 N–H and O–H groups in total. The maximum Gasteiger partial charge on any atom is 0.314 e. The summed E-state index contributed by atoms with van der Waals surface area (Å²) in [4.78, 5) is 10.5. The van der Waals surface area contributed by atoms with E-state index in [1.54, 1.807) is 18.2 Å². The minimum atomic E-state index is -0.423. The molecular weight excluding hydrogens is 230 g/mol. The van der Waals surface area contributed by atoms with Crippen molar-refractivity contribution in [3.8, 4) is 0 Å². The number of hydrogen-bond acceptors (Lipinski definition) is 4. The number of para-hydroxylation sites is 1. The molecule has 1 fully saturated rings. The molecule has 0 amide bonds. The Labute approximate surface area is 107 Å². The number of anilines is 2. The molecule has 0 saturated heterocycles. The van der Waals surface area contributed by atoms with Gasteiger partial charge in [0, 0.05) is 6.54 Å². The van der Waals surface area contributed by atoms with Gasteiger partial charge in [-0.3, -0.25) is 10.1 Å². The molecule has 1 aromatic carbocycles. The number of hydrogen-bond donors (Lipinski definition) is 2. The standard InChI is InChI=1S/C13H19N3O2/c14-11-6-3-7-12(13(11)16(17)18)15-9-8-10-4-1-2-5-10/h3,6-7,10,15H,1-2,4-5,8-9,14H2. The molecule has 1 aliphatic rings. The molecule has 0 aliphatic heterocycles. The average molecular weight is 249 g/mol. The van der Waals surface area contributed by atoms with Crippen LogP contribution in [0.25, 0.3) is 0 Å². The van der Waals surface area contributed by atoms with Crippen LogP contribution in [0.2, 0.25) is 0 Å². The van der Waals surface area contributed by atoms with Gasteiger partial charge in [0.15, 0.2) is 0 Å². The monoisotopic (exact) mass is 249 g/mol. The van der Waals surface area contributed by atoms with E-state index in [0.717, 1.165) is 18.9 Å². The number of nitrogen functional groups attached to an aromatic ring is 1. The summed E-state index contributed by atoms with van der Waals surface area (Å²) in [6.07, 6.45) is 6.31. The molecular formula is C13H19N3O2. The minimum absolute atomic E-state index is 0.0103. The molecule has 5 heteroatoms. The molecule has 1 aliphatic carbocycles. The Hall–Kier alpha value is -1.78. The summed E-state index contributed by atoms with van der Waals surface area (Å²) in [6, 6.07) is 5.00. The van der Waals surface area contributed by atoms with E-state index in [4.69, 9.17) is 5.73 Å². The zero-order valence-corrected chi connectivity index (χ0v) is 10.4.